The molecule has 0 bridgehead atoms. The molecule has 0 spiro atoms. The minimum absolute atomic E-state index is 0.227. The van der Waals surface area contributed by atoms with Gasteiger partial charge in [-0.05, 0) is 43.7 Å². The molecule has 1 saturated carbocycles. The number of nitrogens with zero attached hydrogens (tertiary/aromatic N) is 4. The molecule has 188 valence electrons. The van der Waals surface area contributed by atoms with Gasteiger partial charge in [-0.2, -0.15) is 4.31 Å². The van der Waals surface area contributed by atoms with Gasteiger partial charge in [-0.25, -0.2) is 23.2 Å². The van der Waals surface area contributed by atoms with Crippen molar-refractivity contribution in [3.8, 4) is 0 Å². The molecule has 12 heteroatoms. The number of aromatic nitrogens is 3. The Hall–Kier alpha value is -2.02. The van der Waals surface area contributed by atoms with Crippen LogP contribution in [0.3, 0.4) is 0 Å². The Balaban J connectivity index is 1.28. The lowest BCUT2D eigenvalue weighted by molar-refractivity contribution is 0.0899. The predicted molar refractivity (Wildman–Crippen MR) is 135 cm³/mol. The van der Waals surface area contributed by atoms with Gasteiger partial charge < -0.3 is 14.6 Å². The van der Waals surface area contributed by atoms with Crippen LogP contribution in [-0.4, -0.2) is 72.9 Å². The Kier molecular flexibility index (Phi) is 7.60. The van der Waals surface area contributed by atoms with E-state index in [0.29, 0.717) is 42.7 Å². The molecule has 34 heavy (non-hydrogen) atoms. The Bertz CT molecular complexity index is 1110. The van der Waals surface area contributed by atoms with Crippen LogP contribution in [0.5, 0.6) is 0 Å². The highest BCUT2D eigenvalue weighted by Gasteiger charge is 2.34. The molecule has 0 aromatic carbocycles. The van der Waals surface area contributed by atoms with Gasteiger partial charge in [0.2, 0.25) is 10.0 Å². The van der Waals surface area contributed by atoms with Crippen LogP contribution in [0.2, 0.25) is 25.7 Å². The van der Waals surface area contributed by atoms with Crippen LogP contribution in [0.15, 0.2) is 18.5 Å². The van der Waals surface area contributed by atoms with Crippen LogP contribution in [0.4, 0.5) is 10.6 Å². The van der Waals surface area contributed by atoms with Crippen LogP contribution in [0, 0.1) is 5.92 Å². The first-order valence-electron chi connectivity index (χ1n) is 12.0. The molecular weight excluding hydrogens is 472 g/mol. The minimum atomic E-state index is -3.26. The van der Waals surface area contributed by atoms with Crippen LogP contribution < -0.4 is 10.6 Å². The van der Waals surface area contributed by atoms with Gasteiger partial charge in [-0.15, -0.1) is 0 Å². The molecule has 3 heterocycles. The quantitative estimate of drug-likeness (QED) is 0.376. The van der Waals surface area contributed by atoms with E-state index >= 15 is 0 Å². The third-order valence-electron chi connectivity index (χ3n) is 6.19. The van der Waals surface area contributed by atoms with Crippen LogP contribution in [-0.2, 0) is 21.5 Å². The normalized spacial score (nSPS) is 19.9. The lowest BCUT2D eigenvalue weighted by Crippen LogP contribution is -2.51. The fraction of sp³-hybridized carbons (Fsp3) is 0.682. The van der Waals surface area contributed by atoms with Crippen molar-refractivity contribution in [1.29, 1.82) is 0 Å². The number of carbonyl (C=O) groups excluding carboxylic acids is 1. The number of piperidine rings is 1. The Labute approximate surface area is 202 Å². The van der Waals surface area contributed by atoms with Crippen molar-refractivity contribution < 1.29 is 17.9 Å². The zero-order valence-corrected chi connectivity index (χ0v) is 22.1. The summed E-state index contributed by atoms with van der Waals surface area (Å²) in [4.78, 5) is 21.5. The highest BCUT2D eigenvalue weighted by Crippen LogP contribution is 2.31. The zero-order chi connectivity index (χ0) is 24.3. The maximum Gasteiger partial charge on any atom is 0.320 e. The van der Waals surface area contributed by atoms with Gasteiger partial charge in [0.05, 0.1) is 11.9 Å². The molecule has 1 aliphatic heterocycles. The number of carbonyl (C=O) groups is 1. The number of amides is 2. The second-order valence-electron chi connectivity index (χ2n) is 10.6. The lowest BCUT2D eigenvalue weighted by Gasteiger charge is -2.32. The van der Waals surface area contributed by atoms with E-state index in [4.69, 9.17) is 4.74 Å². The monoisotopic (exact) mass is 508 g/mol. The van der Waals surface area contributed by atoms with Crippen molar-refractivity contribution in [2.75, 3.05) is 30.8 Å². The van der Waals surface area contributed by atoms with E-state index in [-0.39, 0.29) is 11.8 Å². The predicted octanol–water partition coefficient (Wildman–Crippen LogP) is 3.07. The zero-order valence-electron chi connectivity index (χ0n) is 20.3. The number of sulfonamides is 1. The first kappa shape index (κ1) is 25.1. The SMILES string of the molecule is C[Si](C)(C)CCOCn1ccc2nc(NC(=O)NC3CCCN(S(=O)(=O)CC4CC4)C3)cnc21. The van der Waals surface area contributed by atoms with Crippen molar-refractivity contribution in [3.05, 3.63) is 18.5 Å². The Morgan fingerprint density at radius 2 is 2.06 bits per heavy atom. The summed E-state index contributed by atoms with van der Waals surface area (Å²) >= 11 is 0. The number of nitrogens with one attached hydrogen (secondary N) is 2. The van der Waals surface area contributed by atoms with Crippen molar-refractivity contribution in [2.24, 2.45) is 5.92 Å². The first-order valence-corrected chi connectivity index (χ1v) is 17.4. The highest BCUT2D eigenvalue weighted by molar-refractivity contribution is 7.89. The van der Waals surface area contributed by atoms with Gasteiger partial charge in [0.1, 0.15) is 12.2 Å². The molecule has 4 rings (SSSR count). The molecule has 0 radical (unpaired) electrons. The average molecular weight is 509 g/mol. The Morgan fingerprint density at radius 1 is 1.26 bits per heavy atom. The van der Waals surface area contributed by atoms with Gasteiger partial charge in [0, 0.05) is 40.0 Å². The maximum absolute atomic E-state index is 12.6. The summed E-state index contributed by atoms with van der Waals surface area (Å²) in [6.07, 6.45) is 6.87. The lowest BCUT2D eigenvalue weighted by atomic mass is 10.1. The number of hydrogen-bond acceptors (Lipinski definition) is 6. The summed E-state index contributed by atoms with van der Waals surface area (Å²) in [7, 11) is -4.39. The first-order chi connectivity index (χ1) is 16.1. The second kappa shape index (κ2) is 10.3. The van der Waals surface area contributed by atoms with E-state index in [1.54, 1.807) is 0 Å². The summed E-state index contributed by atoms with van der Waals surface area (Å²) in [5.41, 5.74) is 1.37. The molecule has 1 aliphatic carbocycles. The van der Waals surface area contributed by atoms with Crippen LogP contribution in [0.1, 0.15) is 25.7 Å². The molecule has 1 atom stereocenters. The number of ether oxygens (including phenoxy) is 1. The molecule has 2 aliphatic rings. The smallest absolute Gasteiger partial charge is 0.320 e. The van der Waals surface area contributed by atoms with E-state index < -0.39 is 24.1 Å². The van der Waals surface area contributed by atoms with Crippen molar-refractivity contribution in [2.45, 2.75) is 64.1 Å². The van der Waals surface area contributed by atoms with Gasteiger partial charge in [-0.1, -0.05) is 19.6 Å². The number of rotatable bonds is 10. The van der Waals surface area contributed by atoms with E-state index in [0.717, 1.165) is 38.3 Å². The minimum Gasteiger partial charge on any atom is -0.361 e. The standard InChI is InChI=1S/C22H36N6O4SSi/c1-34(2,3)12-11-32-16-27-10-8-19-21(27)23-13-20(25-19)26-22(29)24-18-5-4-9-28(14-18)33(30,31)15-17-6-7-17/h8,10,13,17-18H,4-7,9,11-12,14-16H2,1-3H3,(H2,24,25,26,29). The molecule has 1 unspecified atom stereocenters. The van der Waals surface area contributed by atoms with E-state index in [1.165, 1.54) is 10.5 Å². The maximum atomic E-state index is 12.6. The highest BCUT2D eigenvalue weighted by atomic mass is 32.2. The fourth-order valence-corrected chi connectivity index (χ4v) is 6.72. The summed E-state index contributed by atoms with van der Waals surface area (Å²) in [6.45, 7) is 8.93. The number of anilines is 1. The fourth-order valence-electron chi connectivity index (χ4n) is 4.01. The van der Waals surface area contributed by atoms with Crippen LogP contribution in [0.25, 0.3) is 11.2 Å². The summed E-state index contributed by atoms with van der Waals surface area (Å²) in [5, 5.41) is 5.62. The van der Waals surface area contributed by atoms with Crippen molar-refractivity contribution in [1.82, 2.24) is 24.2 Å². The molecule has 10 nitrogen and oxygen atoms in total. The van der Waals surface area contributed by atoms with Crippen LogP contribution >= 0.6 is 0 Å². The third kappa shape index (κ3) is 7.00. The average Bonchev–Trinajstić information content (AvgIpc) is 3.47. The van der Waals surface area contributed by atoms with Gasteiger partial charge >= 0.3 is 6.03 Å². The molecule has 2 fully saturated rings. The third-order valence-corrected chi connectivity index (χ3v) is 9.90. The molecule has 2 aromatic heterocycles. The summed E-state index contributed by atoms with van der Waals surface area (Å²) in [6, 6.07) is 2.31. The second-order valence-corrected chi connectivity index (χ2v) is 18.3. The Morgan fingerprint density at radius 3 is 2.79 bits per heavy atom. The number of urea groups is 1. The molecule has 2 amide bonds. The summed E-state index contributed by atoms with van der Waals surface area (Å²) < 4.78 is 34.4. The number of fused-ring (bicyclic) bond motifs is 1. The van der Waals surface area contributed by atoms with Gasteiger partial charge in [-0.3, -0.25) is 5.32 Å². The number of hydrogen-bond donors (Lipinski definition) is 2. The van der Waals surface area contributed by atoms with Gasteiger partial charge in [0.25, 0.3) is 0 Å². The largest absolute Gasteiger partial charge is 0.361 e. The summed E-state index contributed by atoms with van der Waals surface area (Å²) in [5.74, 6) is 0.878. The molecule has 2 aromatic rings. The van der Waals surface area contributed by atoms with E-state index in [9.17, 15) is 13.2 Å². The van der Waals surface area contributed by atoms with Crippen molar-refractivity contribution in [3.63, 3.8) is 0 Å². The topological polar surface area (TPSA) is 118 Å². The molecular formula is C22H36N6O4SSi. The van der Waals surface area contributed by atoms with E-state index in [2.05, 4.69) is 40.2 Å². The molecule has 1 saturated heterocycles. The molecule has 2 N–H and O–H groups in total. The van der Waals surface area contributed by atoms with E-state index in [1.807, 2.05) is 16.8 Å². The van der Waals surface area contributed by atoms with Gasteiger partial charge in [0.15, 0.2) is 11.5 Å². The van der Waals surface area contributed by atoms with Crippen molar-refractivity contribution >= 4 is 41.1 Å².